The number of anilines is 1. The van der Waals surface area contributed by atoms with E-state index in [-0.39, 0.29) is 0 Å². The Morgan fingerprint density at radius 3 is 2.75 bits per heavy atom. The fourth-order valence-corrected chi connectivity index (χ4v) is 1.02. The number of rotatable bonds is 8. The topological polar surface area (TPSA) is 56.3 Å². The molecule has 1 N–H and O–H groups in total. The summed E-state index contributed by atoms with van der Waals surface area (Å²) in [4.78, 5) is 8.13. The molecule has 5 nitrogen and oxygen atoms in total. The van der Waals surface area contributed by atoms with Crippen LogP contribution in [0, 0.1) is 0 Å². The molecular weight excluding hydrogens is 206 g/mol. The molecule has 1 heterocycles. The number of ether oxygens (including phenoxy) is 2. The van der Waals surface area contributed by atoms with Gasteiger partial charge in [0.25, 0.3) is 0 Å². The van der Waals surface area contributed by atoms with Crippen LogP contribution in [0.3, 0.4) is 0 Å². The summed E-state index contributed by atoms with van der Waals surface area (Å²) in [7, 11) is 1.58. The molecule has 5 heteroatoms. The van der Waals surface area contributed by atoms with Crippen molar-refractivity contribution in [2.24, 2.45) is 0 Å². The van der Waals surface area contributed by atoms with E-state index < -0.39 is 0 Å². The molecule has 0 saturated carbocycles. The fraction of sp³-hybridized carbons (Fsp3) is 0.455. The molecule has 88 valence electrons. The Balaban J connectivity index is 2.14. The molecule has 1 rings (SSSR count). The molecule has 0 unspecified atom stereocenters. The van der Waals surface area contributed by atoms with Crippen molar-refractivity contribution >= 4 is 5.95 Å². The average molecular weight is 223 g/mol. The molecule has 0 fully saturated rings. The van der Waals surface area contributed by atoms with Crippen molar-refractivity contribution in [2.75, 3.05) is 32.2 Å². The van der Waals surface area contributed by atoms with Crippen molar-refractivity contribution in [3.8, 4) is 5.75 Å². The molecule has 0 atom stereocenters. The lowest BCUT2D eigenvalue weighted by molar-refractivity contribution is 0.149. The van der Waals surface area contributed by atoms with Gasteiger partial charge in [-0.2, -0.15) is 0 Å². The SMILES string of the molecule is C=CCCOCCNc1ncc(OC)cn1. The van der Waals surface area contributed by atoms with Gasteiger partial charge in [0.05, 0.1) is 32.7 Å². The van der Waals surface area contributed by atoms with E-state index in [4.69, 9.17) is 9.47 Å². The third kappa shape index (κ3) is 4.75. The molecule has 16 heavy (non-hydrogen) atoms. The van der Waals surface area contributed by atoms with E-state index >= 15 is 0 Å². The van der Waals surface area contributed by atoms with E-state index in [0.717, 1.165) is 6.42 Å². The minimum absolute atomic E-state index is 0.577. The van der Waals surface area contributed by atoms with Gasteiger partial charge in [0.15, 0.2) is 5.75 Å². The van der Waals surface area contributed by atoms with E-state index in [0.29, 0.717) is 31.5 Å². The molecule has 0 aliphatic rings. The molecule has 0 radical (unpaired) electrons. The van der Waals surface area contributed by atoms with Crippen LogP contribution in [0.1, 0.15) is 6.42 Å². The maximum Gasteiger partial charge on any atom is 0.222 e. The van der Waals surface area contributed by atoms with Crippen LogP contribution >= 0.6 is 0 Å². The maximum atomic E-state index is 5.33. The summed E-state index contributed by atoms with van der Waals surface area (Å²) in [6.45, 7) is 5.63. The lowest BCUT2D eigenvalue weighted by Crippen LogP contribution is -2.11. The Bertz CT molecular complexity index is 301. The quantitative estimate of drug-likeness (QED) is 0.534. The number of nitrogens with one attached hydrogen (secondary N) is 1. The van der Waals surface area contributed by atoms with Crippen molar-refractivity contribution < 1.29 is 9.47 Å². The van der Waals surface area contributed by atoms with Gasteiger partial charge in [0, 0.05) is 6.54 Å². The van der Waals surface area contributed by atoms with Crippen molar-refractivity contribution in [1.29, 1.82) is 0 Å². The van der Waals surface area contributed by atoms with Gasteiger partial charge in [-0.15, -0.1) is 6.58 Å². The zero-order valence-electron chi connectivity index (χ0n) is 9.48. The molecule has 1 aromatic heterocycles. The van der Waals surface area contributed by atoms with Crippen molar-refractivity contribution in [3.63, 3.8) is 0 Å². The Morgan fingerprint density at radius 2 is 2.12 bits per heavy atom. The standard InChI is InChI=1S/C11H17N3O2/c1-3-4-6-16-7-5-12-11-13-8-10(15-2)9-14-11/h3,8-9H,1,4-7H2,2H3,(H,12,13,14). The van der Waals surface area contributed by atoms with Gasteiger partial charge in [-0.05, 0) is 6.42 Å². The van der Waals surface area contributed by atoms with Gasteiger partial charge in [-0.1, -0.05) is 6.08 Å². The predicted molar refractivity (Wildman–Crippen MR) is 62.7 cm³/mol. The molecule has 0 aromatic carbocycles. The van der Waals surface area contributed by atoms with Crippen LogP contribution in [0.4, 0.5) is 5.95 Å². The summed E-state index contributed by atoms with van der Waals surface area (Å²) in [5.74, 6) is 1.22. The molecule has 0 spiro atoms. The zero-order valence-corrected chi connectivity index (χ0v) is 9.48. The summed E-state index contributed by atoms with van der Waals surface area (Å²) in [6.07, 6.45) is 5.95. The third-order valence-electron chi connectivity index (χ3n) is 1.86. The summed E-state index contributed by atoms with van der Waals surface area (Å²) in [5, 5.41) is 3.04. The van der Waals surface area contributed by atoms with Crippen LogP contribution in [0.25, 0.3) is 0 Å². The van der Waals surface area contributed by atoms with E-state index in [1.54, 1.807) is 19.5 Å². The summed E-state index contributed by atoms with van der Waals surface area (Å²) in [5.41, 5.74) is 0. The Kier molecular flexibility index (Phi) is 5.95. The minimum atomic E-state index is 0.577. The normalized spacial score (nSPS) is 9.81. The first-order chi connectivity index (χ1) is 7.86. The van der Waals surface area contributed by atoms with Crippen LogP contribution in [0.5, 0.6) is 5.75 Å². The van der Waals surface area contributed by atoms with Gasteiger partial charge >= 0.3 is 0 Å². The van der Waals surface area contributed by atoms with Gasteiger partial charge in [-0.25, -0.2) is 9.97 Å². The minimum Gasteiger partial charge on any atom is -0.494 e. The van der Waals surface area contributed by atoms with Gasteiger partial charge in [0.2, 0.25) is 5.95 Å². The zero-order chi connectivity index (χ0) is 11.6. The highest BCUT2D eigenvalue weighted by Gasteiger charge is 1.95. The monoisotopic (exact) mass is 223 g/mol. The first kappa shape index (κ1) is 12.4. The third-order valence-corrected chi connectivity index (χ3v) is 1.86. The van der Waals surface area contributed by atoms with E-state index in [1.807, 2.05) is 6.08 Å². The largest absolute Gasteiger partial charge is 0.494 e. The van der Waals surface area contributed by atoms with E-state index in [2.05, 4.69) is 21.9 Å². The highest BCUT2D eigenvalue weighted by molar-refractivity contribution is 5.26. The lowest BCUT2D eigenvalue weighted by atomic mass is 10.4. The molecule has 1 aromatic rings. The van der Waals surface area contributed by atoms with Crippen LogP contribution in [-0.4, -0.2) is 36.8 Å². The number of hydrogen-bond acceptors (Lipinski definition) is 5. The highest BCUT2D eigenvalue weighted by atomic mass is 16.5. The number of methoxy groups -OCH3 is 1. The predicted octanol–water partition coefficient (Wildman–Crippen LogP) is 1.49. The smallest absolute Gasteiger partial charge is 0.222 e. The molecule has 0 aliphatic carbocycles. The fourth-order valence-electron chi connectivity index (χ4n) is 1.02. The first-order valence-electron chi connectivity index (χ1n) is 5.15. The second-order valence-corrected chi connectivity index (χ2v) is 3.06. The second-order valence-electron chi connectivity index (χ2n) is 3.06. The van der Waals surface area contributed by atoms with Crippen LogP contribution < -0.4 is 10.1 Å². The van der Waals surface area contributed by atoms with Crippen LogP contribution in [0.15, 0.2) is 25.0 Å². The number of aromatic nitrogens is 2. The Morgan fingerprint density at radius 1 is 1.38 bits per heavy atom. The molecule has 0 aliphatic heterocycles. The highest BCUT2D eigenvalue weighted by Crippen LogP contribution is 2.06. The number of nitrogens with zero attached hydrogens (tertiary/aromatic N) is 2. The summed E-state index contributed by atoms with van der Waals surface area (Å²) in [6, 6.07) is 0. The summed E-state index contributed by atoms with van der Waals surface area (Å²) >= 11 is 0. The van der Waals surface area contributed by atoms with Crippen molar-refractivity contribution in [2.45, 2.75) is 6.42 Å². The average Bonchev–Trinajstić information content (AvgIpc) is 2.34. The molecule has 0 bridgehead atoms. The van der Waals surface area contributed by atoms with Crippen LogP contribution in [0.2, 0.25) is 0 Å². The van der Waals surface area contributed by atoms with Crippen molar-refractivity contribution in [3.05, 3.63) is 25.0 Å². The second kappa shape index (κ2) is 7.64. The van der Waals surface area contributed by atoms with Crippen molar-refractivity contribution in [1.82, 2.24) is 9.97 Å². The van der Waals surface area contributed by atoms with E-state index in [1.165, 1.54) is 0 Å². The molecule has 0 amide bonds. The summed E-state index contributed by atoms with van der Waals surface area (Å²) < 4.78 is 10.3. The maximum absolute atomic E-state index is 5.33. The Labute approximate surface area is 95.5 Å². The van der Waals surface area contributed by atoms with Gasteiger partial charge in [-0.3, -0.25) is 0 Å². The molecule has 0 saturated heterocycles. The molecular formula is C11H17N3O2. The van der Waals surface area contributed by atoms with Gasteiger partial charge in [0.1, 0.15) is 0 Å². The number of hydrogen-bond donors (Lipinski definition) is 1. The van der Waals surface area contributed by atoms with Crippen LogP contribution in [-0.2, 0) is 4.74 Å². The van der Waals surface area contributed by atoms with Gasteiger partial charge < -0.3 is 14.8 Å². The van der Waals surface area contributed by atoms with E-state index in [9.17, 15) is 0 Å². The lowest BCUT2D eigenvalue weighted by Gasteiger charge is -2.05. The Hall–Kier alpha value is -1.62. The first-order valence-corrected chi connectivity index (χ1v) is 5.15.